The number of carbonyl (C=O) groups is 3. The van der Waals surface area contributed by atoms with E-state index in [-0.39, 0.29) is 23.9 Å². The number of benzene rings is 2. The normalized spacial score (nSPS) is 14.0. The highest BCUT2D eigenvalue weighted by atomic mass is 16.5. The van der Waals surface area contributed by atoms with E-state index in [1.165, 1.54) is 6.92 Å². The van der Waals surface area contributed by atoms with Gasteiger partial charge in [0.15, 0.2) is 6.10 Å². The van der Waals surface area contributed by atoms with Crippen molar-refractivity contribution in [1.29, 1.82) is 5.26 Å². The fraction of sp³-hybridized carbons (Fsp3) is 0.158. The highest BCUT2D eigenvalue weighted by Gasteiger charge is 2.35. The summed E-state index contributed by atoms with van der Waals surface area (Å²) in [4.78, 5) is 37.9. The number of hydrogen-bond acceptors (Lipinski definition) is 5. The molecule has 2 aromatic carbocycles. The van der Waals surface area contributed by atoms with E-state index in [1.54, 1.807) is 48.5 Å². The Hall–Kier alpha value is -3.46. The van der Waals surface area contributed by atoms with Gasteiger partial charge in [-0.05, 0) is 36.8 Å². The molecule has 0 radical (unpaired) electrons. The zero-order valence-corrected chi connectivity index (χ0v) is 13.4. The highest BCUT2D eigenvalue weighted by molar-refractivity contribution is 6.21. The predicted molar refractivity (Wildman–Crippen MR) is 87.6 cm³/mol. The summed E-state index contributed by atoms with van der Waals surface area (Å²) in [6.07, 6.45) is -0.854. The first kappa shape index (κ1) is 16.4. The average molecular weight is 334 g/mol. The van der Waals surface area contributed by atoms with E-state index in [0.29, 0.717) is 16.7 Å². The SMILES string of the molecule is C[C@H](C#N)OC(=O)c1cccc(CN2C(=O)c3ccccc3C2=O)c1. The molecular formula is C19H14N2O4. The van der Waals surface area contributed by atoms with Gasteiger partial charge in [0, 0.05) is 0 Å². The van der Waals surface area contributed by atoms with Crippen LogP contribution in [0.5, 0.6) is 0 Å². The Balaban J connectivity index is 1.80. The van der Waals surface area contributed by atoms with Gasteiger partial charge in [0.1, 0.15) is 6.07 Å². The lowest BCUT2D eigenvalue weighted by atomic mass is 10.1. The number of imide groups is 1. The van der Waals surface area contributed by atoms with Gasteiger partial charge in [0.25, 0.3) is 11.8 Å². The average Bonchev–Trinajstić information content (AvgIpc) is 2.87. The molecule has 0 saturated heterocycles. The molecule has 1 heterocycles. The van der Waals surface area contributed by atoms with Crippen LogP contribution in [0.25, 0.3) is 0 Å². The van der Waals surface area contributed by atoms with Gasteiger partial charge in [-0.2, -0.15) is 5.26 Å². The summed E-state index contributed by atoms with van der Waals surface area (Å²) >= 11 is 0. The Labute approximate surface area is 144 Å². The van der Waals surface area contributed by atoms with E-state index >= 15 is 0 Å². The molecule has 3 rings (SSSR count). The minimum absolute atomic E-state index is 0.0568. The van der Waals surface area contributed by atoms with Crippen molar-refractivity contribution in [2.24, 2.45) is 0 Å². The molecule has 0 saturated carbocycles. The molecule has 6 nitrogen and oxygen atoms in total. The second-order valence-corrected chi connectivity index (χ2v) is 5.62. The van der Waals surface area contributed by atoms with E-state index in [9.17, 15) is 14.4 Å². The monoisotopic (exact) mass is 334 g/mol. The van der Waals surface area contributed by atoms with Crippen molar-refractivity contribution in [3.8, 4) is 6.07 Å². The van der Waals surface area contributed by atoms with Crippen molar-refractivity contribution in [3.05, 3.63) is 70.8 Å². The standard InChI is InChI=1S/C19H14N2O4/c1-12(10-20)25-19(24)14-6-4-5-13(9-14)11-21-17(22)15-7-2-3-8-16(15)18(21)23/h2-9,12H,11H2,1H3/t12-/m1/s1. The van der Waals surface area contributed by atoms with Crippen LogP contribution in [0, 0.1) is 11.3 Å². The molecule has 2 aromatic rings. The molecule has 0 bridgehead atoms. The minimum Gasteiger partial charge on any atom is -0.444 e. The van der Waals surface area contributed by atoms with E-state index in [2.05, 4.69) is 0 Å². The van der Waals surface area contributed by atoms with Crippen LogP contribution in [0.1, 0.15) is 43.6 Å². The number of hydrogen-bond donors (Lipinski definition) is 0. The van der Waals surface area contributed by atoms with Gasteiger partial charge in [-0.3, -0.25) is 14.5 Å². The quantitative estimate of drug-likeness (QED) is 0.633. The third kappa shape index (κ3) is 3.12. The number of rotatable bonds is 4. The summed E-state index contributed by atoms with van der Waals surface area (Å²) < 4.78 is 4.96. The predicted octanol–water partition coefficient (Wildman–Crippen LogP) is 2.55. The smallest absolute Gasteiger partial charge is 0.339 e. The van der Waals surface area contributed by atoms with Gasteiger partial charge in [-0.1, -0.05) is 24.3 Å². The number of ether oxygens (including phenoxy) is 1. The maximum Gasteiger partial charge on any atom is 0.339 e. The summed E-state index contributed by atoms with van der Waals surface area (Å²) in [5.74, 6) is -1.34. The summed E-state index contributed by atoms with van der Waals surface area (Å²) in [5, 5.41) is 8.71. The first-order chi connectivity index (χ1) is 12.0. The first-order valence-corrected chi connectivity index (χ1v) is 7.66. The number of fused-ring (bicyclic) bond motifs is 1. The van der Waals surface area contributed by atoms with Crippen LogP contribution < -0.4 is 0 Å². The molecule has 0 spiro atoms. The van der Waals surface area contributed by atoms with Crippen molar-refractivity contribution < 1.29 is 19.1 Å². The lowest BCUT2D eigenvalue weighted by molar-refractivity contribution is 0.0435. The van der Waals surface area contributed by atoms with Crippen LogP contribution >= 0.6 is 0 Å². The second-order valence-electron chi connectivity index (χ2n) is 5.62. The van der Waals surface area contributed by atoms with Crippen molar-refractivity contribution in [2.75, 3.05) is 0 Å². The highest BCUT2D eigenvalue weighted by Crippen LogP contribution is 2.24. The first-order valence-electron chi connectivity index (χ1n) is 7.66. The van der Waals surface area contributed by atoms with Crippen LogP contribution in [0.3, 0.4) is 0 Å². The topological polar surface area (TPSA) is 87.5 Å². The third-order valence-electron chi connectivity index (χ3n) is 3.85. The lowest BCUT2D eigenvalue weighted by Gasteiger charge is -2.14. The molecule has 25 heavy (non-hydrogen) atoms. The van der Waals surface area contributed by atoms with Gasteiger partial charge in [0.05, 0.1) is 23.2 Å². The molecule has 0 unspecified atom stereocenters. The van der Waals surface area contributed by atoms with Crippen LogP contribution in [0.15, 0.2) is 48.5 Å². The van der Waals surface area contributed by atoms with Gasteiger partial charge < -0.3 is 4.74 Å². The lowest BCUT2D eigenvalue weighted by Crippen LogP contribution is -2.29. The van der Waals surface area contributed by atoms with Gasteiger partial charge >= 0.3 is 5.97 Å². The largest absolute Gasteiger partial charge is 0.444 e. The molecule has 1 atom stereocenters. The minimum atomic E-state index is -0.854. The van der Waals surface area contributed by atoms with Gasteiger partial charge in [-0.25, -0.2) is 4.79 Å². The number of carbonyl (C=O) groups excluding carboxylic acids is 3. The Morgan fingerprint density at radius 3 is 2.36 bits per heavy atom. The van der Waals surface area contributed by atoms with Crippen LogP contribution in [-0.4, -0.2) is 28.8 Å². The molecule has 0 aliphatic carbocycles. The Morgan fingerprint density at radius 2 is 1.76 bits per heavy atom. The molecule has 1 aliphatic heterocycles. The third-order valence-corrected chi connectivity index (χ3v) is 3.85. The summed E-state index contributed by atoms with van der Waals surface area (Å²) in [6, 6.07) is 14.9. The molecule has 6 heteroatoms. The number of nitriles is 1. The second kappa shape index (κ2) is 6.57. The van der Waals surface area contributed by atoms with Crippen LogP contribution in [0.2, 0.25) is 0 Å². The van der Waals surface area contributed by atoms with E-state index in [0.717, 1.165) is 4.90 Å². The van der Waals surface area contributed by atoms with Crippen molar-refractivity contribution in [1.82, 2.24) is 4.90 Å². The molecule has 1 aliphatic rings. The summed E-state index contributed by atoms with van der Waals surface area (Å²) in [6.45, 7) is 1.53. The maximum atomic E-state index is 12.4. The molecule has 2 amide bonds. The van der Waals surface area contributed by atoms with Crippen LogP contribution in [-0.2, 0) is 11.3 Å². The van der Waals surface area contributed by atoms with E-state index < -0.39 is 12.1 Å². The fourth-order valence-corrected chi connectivity index (χ4v) is 2.62. The van der Waals surface area contributed by atoms with Crippen LogP contribution in [0.4, 0.5) is 0 Å². The maximum absolute atomic E-state index is 12.4. The number of nitrogens with zero attached hydrogens (tertiary/aromatic N) is 2. The molecule has 0 fully saturated rings. The Morgan fingerprint density at radius 1 is 1.12 bits per heavy atom. The Kier molecular flexibility index (Phi) is 4.31. The summed E-state index contributed by atoms with van der Waals surface area (Å²) in [7, 11) is 0. The summed E-state index contributed by atoms with van der Waals surface area (Å²) in [5.41, 5.74) is 1.64. The Bertz CT molecular complexity index is 879. The zero-order valence-electron chi connectivity index (χ0n) is 13.4. The van der Waals surface area contributed by atoms with Gasteiger partial charge in [0.2, 0.25) is 0 Å². The van der Waals surface area contributed by atoms with E-state index in [4.69, 9.17) is 10.00 Å². The van der Waals surface area contributed by atoms with Crippen molar-refractivity contribution >= 4 is 17.8 Å². The van der Waals surface area contributed by atoms with Gasteiger partial charge in [-0.15, -0.1) is 0 Å². The molecule has 0 N–H and O–H groups in total. The van der Waals surface area contributed by atoms with Crippen molar-refractivity contribution in [3.63, 3.8) is 0 Å². The molecule has 0 aromatic heterocycles. The van der Waals surface area contributed by atoms with E-state index in [1.807, 2.05) is 6.07 Å². The number of esters is 1. The zero-order chi connectivity index (χ0) is 18.0. The molecule has 124 valence electrons. The fourth-order valence-electron chi connectivity index (χ4n) is 2.62. The number of amides is 2. The molecular weight excluding hydrogens is 320 g/mol. The van der Waals surface area contributed by atoms with Crippen molar-refractivity contribution in [2.45, 2.75) is 19.6 Å².